The second-order valence-electron chi connectivity index (χ2n) is 3.93. The van der Waals surface area contributed by atoms with Gasteiger partial charge in [0.15, 0.2) is 0 Å². The molecule has 2 aromatic rings. The van der Waals surface area contributed by atoms with Gasteiger partial charge in [-0.2, -0.15) is 0 Å². The van der Waals surface area contributed by atoms with Crippen molar-refractivity contribution < 1.29 is 4.39 Å². The monoisotopic (exact) mass is 230 g/mol. The van der Waals surface area contributed by atoms with Crippen LogP contribution in [0.1, 0.15) is 11.1 Å². The molecule has 0 saturated carbocycles. The lowest BCUT2D eigenvalue weighted by Crippen LogP contribution is -2.20. The van der Waals surface area contributed by atoms with E-state index in [1.165, 1.54) is 0 Å². The van der Waals surface area contributed by atoms with Gasteiger partial charge in [-0.3, -0.25) is 0 Å². The predicted molar refractivity (Wildman–Crippen MR) is 68.0 cm³/mol. The minimum atomic E-state index is -0.163. The Morgan fingerprint density at radius 2 is 1.82 bits per heavy atom. The van der Waals surface area contributed by atoms with Crippen LogP contribution in [0.3, 0.4) is 0 Å². The Morgan fingerprint density at radius 1 is 1.06 bits per heavy atom. The summed E-state index contributed by atoms with van der Waals surface area (Å²) in [6.07, 6.45) is 0. The maximum Gasteiger partial charge on any atom is 0.126 e. The molecule has 2 N–H and O–H groups in total. The quantitative estimate of drug-likeness (QED) is 0.788. The van der Waals surface area contributed by atoms with Gasteiger partial charge in [0.2, 0.25) is 0 Å². The summed E-state index contributed by atoms with van der Waals surface area (Å²) >= 11 is 0. The minimum absolute atomic E-state index is 0.163. The molecule has 0 aliphatic heterocycles. The Morgan fingerprint density at radius 3 is 2.53 bits per heavy atom. The van der Waals surface area contributed by atoms with Crippen molar-refractivity contribution in [2.75, 3.05) is 5.43 Å². The van der Waals surface area contributed by atoms with Crippen LogP contribution in [0.2, 0.25) is 0 Å². The third-order valence-corrected chi connectivity index (χ3v) is 2.54. The Hall–Kier alpha value is -1.87. The second-order valence-corrected chi connectivity index (χ2v) is 3.93. The number of nitrogens with one attached hydrogen (secondary N) is 2. The van der Waals surface area contributed by atoms with Crippen LogP contribution in [0.5, 0.6) is 0 Å². The number of anilines is 1. The second kappa shape index (κ2) is 5.46. The molecule has 0 fully saturated rings. The molecule has 0 atom stereocenters. The molecule has 88 valence electrons. The van der Waals surface area contributed by atoms with Crippen molar-refractivity contribution in [3.8, 4) is 0 Å². The smallest absolute Gasteiger partial charge is 0.126 e. The third-order valence-electron chi connectivity index (χ3n) is 2.54. The number of hydrazine groups is 1. The van der Waals surface area contributed by atoms with Crippen LogP contribution >= 0.6 is 0 Å². The van der Waals surface area contributed by atoms with Crippen molar-refractivity contribution in [2.45, 2.75) is 13.5 Å². The Bertz CT molecular complexity index is 483. The summed E-state index contributed by atoms with van der Waals surface area (Å²) in [5.41, 5.74) is 8.67. The van der Waals surface area contributed by atoms with Gasteiger partial charge in [0.05, 0.1) is 0 Å². The largest absolute Gasteiger partial charge is 0.321 e. The van der Waals surface area contributed by atoms with Gasteiger partial charge in [-0.25, -0.2) is 9.82 Å². The maximum atomic E-state index is 13.3. The summed E-state index contributed by atoms with van der Waals surface area (Å²) in [6.45, 7) is 2.33. The topological polar surface area (TPSA) is 24.1 Å². The molecule has 0 bridgehead atoms. The van der Waals surface area contributed by atoms with Crippen LogP contribution in [0.15, 0.2) is 48.5 Å². The van der Waals surface area contributed by atoms with Crippen molar-refractivity contribution in [3.63, 3.8) is 0 Å². The molecule has 0 aromatic heterocycles. The van der Waals surface area contributed by atoms with E-state index in [9.17, 15) is 4.39 Å². The third kappa shape index (κ3) is 3.29. The summed E-state index contributed by atoms with van der Waals surface area (Å²) < 4.78 is 13.3. The first-order valence-electron chi connectivity index (χ1n) is 5.54. The number of hydrogen-bond acceptors (Lipinski definition) is 2. The van der Waals surface area contributed by atoms with Crippen LogP contribution in [0, 0.1) is 12.7 Å². The average Bonchev–Trinajstić information content (AvgIpc) is 2.35. The molecule has 0 radical (unpaired) electrons. The Kier molecular flexibility index (Phi) is 3.73. The summed E-state index contributed by atoms with van der Waals surface area (Å²) in [6, 6.07) is 15.0. The molecule has 0 heterocycles. The molecule has 2 rings (SSSR count). The van der Waals surface area contributed by atoms with E-state index in [2.05, 4.69) is 10.9 Å². The number of halogens is 1. The Labute approximate surface area is 100 Å². The maximum absolute atomic E-state index is 13.3. The summed E-state index contributed by atoms with van der Waals surface area (Å²) in [7, 11) is 0. The molecule has 3 heteroatoms. The van der Waals surface area contributed by atoms with E-state index < -0.39 is 0 Å². The highest BCUT2D eigenvalue weighted by atomic mass is 19.1. The van der Waals surface area contributed by atoms with Crippen molar-refractivity contribution in [1.29, 1.82) is 0 Å². The van der Waals surface area contributed by atoms with E-state index >= 15 is 0 Å². The zero-order valence-electron chi connectivity index (χ0n) is 9.70. The Balaban J connectivity index is 1.88. The molecule has 2 aromatic carbocycles. The molecule has 17 heavy (non-hydrogen) atoms. The van der Waals surface area contributed by atoms with E-state index in [0.29, 0.717) is 12.1 Å². The standard InChI is InChI=1S/C14H15FN2/c1-11-7-8-12(9-14(11)15)10-16-17-13-5-3-2-4-6-13/h2-9,16-17H,10H2,1H3. The van der Waals surface area contributed by atoms with Crippen LogP contribution in [0.4, 0.5) is 10.1 Å². The first-order valence-corrected chi connectivity index (χ1v) is 5.54. The molecule has 0 amide bonds. The van der Waals surface area contributed by atoms with E-state index in [1.54, 1.807) is 19.1 Å². The van der Waals surface area contributed by atoms with E-state index in [4.69, 9.17) is 0 Å². The zero-order valence-corrected chi connectivity index (χ0v) is 9.70. The predicted octanol–water partition coefficient (Wildman–Crippen LogP) is 3.25. The van der Waals surface area contributed by atoms with Crippen LogP contribution < -0.4 is 10.9 Å². The number of aryl methyl sites for hydroxylation is 1. The highest BCUT2D eigenvalue weighted by Gasteiger charge is 1.98. The van der Waals surface area contributed by atoms with Crippen LogP contribution in [-0.4, -0.2) is 0 Å². The highest BCUT2D eigenvalue weighted by molar-refractivity contribution is 5.41. The summed E-state index contributed by atoms with van der Waals surface area (Å²) in [5.74, 6) is -0.163. The zero-order chi connectivity index (χ0) is 12.1. The fourth-order valence-corrected chi connectivity index (χ4v) is 1.52. The van der Waals surface area contributed by atoms with Crippen molar-refractivity contribution in [1.82, 2.24) is 5.43 Å². The van der Waals surface area contributed by atoms with Crippen molar-refractivity contribution in [3.05, 3.63) is 65.5 Å². The first-order chi connectivity index (χ1) is 8.25. The molecule has 2 nitrogen and oxygen atoms in total. The van der Waals surface area contributed by atoms with Gasteiger partial charge < -0.3 is 5.43 Å². The van der Waals surface area contributed by atoms with Gasteiger partial charge >= 0.3 is 0 Å². The van der Waals surface area contributed by atoms with Crippen LogP contribution in [-0.2, 0) is 6.54 Å². The normalized spacial score (nSPS) is 10.2. The van der Waals surface area contributed by atoms with Gasteiger partial charge in [0.1, 0.15) is 5.82 Å². The van der Waals surface area contributed by atoms with Crippen molar-refractivity contribution in [2.24, 2.45) is 0 Å². The molecular weight excluding hydrogens is 215 g/mol. The number of hydrogen-bond donors (Lipinski definition) is 2. The van der Waals surface area contributed by atoms with Gasteiger partial charge in [-0.05, 0) is 36.2 Å². The minimum Gasteiger partial charge on any atom is -0.321 e. The fourth-order valence-electron chi connectivity index (χ4n) is 1.52. The molecule has 0 unspecified atom stereocenters. The molecular formula is C14H15FN2. The number of benzene rings is 2. The van der Waals surface area contributed by atoms with Gasteiger partial charge in [-0.1, -0.05) is 30.3 Å². The SMILES string of the molecule is Cc1ccc(CNNc2ccccc2)cc1F. The van der Waals surface area contributed by atoms with Gasteiger partial charge in [0, 0.05) is 12.2 Å². The highest BCUT2D eigenvalue weighted by Crippen LogP contribution is 2.09. The lowest BCUT2D eigenvalue weighted by atomic mass is 10.1. The summed E-state index contributed by atoms with van der Waals surface area (Å²) in [5, 5.41) is 0. The molecule has 0 spiro atoms. The fraction of sp³-hybridized carbons (Fsp3) is 0.143. The molecule has 0 saturated heterocycles. The number of para-hydroxylation sites is 1. The molecule has 0 aliphatic rings. The van der Waals surface area contributed by atoms with Gasteiger partial charge in [-0.15, -0.1) is 0 Å². The van der Waals surface area contributed by atoms with Crippen molar-refractivity contribution >= 4 is 5.69 Å². The average molecular weight is 230 g/mol. The summed E-state index contributed by atoms with van der Waals surface area (Å²) in [4.78, 5) is 0. The van der Waals surface area contributed by atoms with E-state index in [0.717, 1.165) is 11.3 Å². The molecule has 0 aliphatic carbocycles. The number of rotatable bonds is 4. The van der Waals surface area contributed by atoms with Crippen LogP contribution in [0.25, 0.3) is 0 Å². The van der Waals surface area contributed by atoms with E-state index in [-0.39, 0.29) is 5.82 Å². The van der Waals surface area contributed by atoms with Gasteiger partial charge in [0.25, 0.3) is 0 Å². The first kappa shape index (κ1) is 11.6. The lowest BCUT2D eigenvalue weighted by Gasteiger charge is -2.08. The lowest BCUT2D eigenvalue weighted by molar-refractivity contribution is 0.614. The van der Waals surface area contributed by atoms with E-state index in [1.807, 2.05) is 36.4 Å².